The number of allylic oxidation sites excluding steroid dienone is 2. The van der Waals surface area contributed by atoms with Crippen LogP contribution >= 0.6 is 35.2 Å². The summed E-state index contributed by atoms with van der Waals surface area (Å²) in [6, 6.07) is 0. The molecule has 0 radical (unpaired) electrons. The topological polar surface area (TPSA) is 375 Å². The minimum atomic E-state index is -5.92. The Bertz CT molecular complexity index is 2010. The molecule has 1 aliphatic heterocycles. The Morgan fingerprint density at radius 1 is 0.938 bits per heavy atom. The fourth-order valence-electron chi connectivity index (χ4n) is 6.35. The van der Waals surface area contributed by atoms with E-state index < -0.39 is 84.6 Å². The molecule has 24 nitrogen and oxygen atoms in total. The zero-order valence-electron chi connectivity index (χ0n) is 36.6. The summed E-state index contributed by atoms with van der Waals surface area (Å²) in [6.07, 6.45) is 10.1. The van der Waals surface area contributed by atoms with E-state index in [1.54, 1.807) is 0 Å². The molecule has 0 spiro atoms. The lowest BCUT2D eigenvalue weighted by Gasteiger charge is -2.36. The summed E-state index contributed by atoms with van der Waals surface area (Å²) in [5, 5.41) is 26.4. The van der Waals surface area contributed by atoms with Crippen LogP contribution in [-0.4, -0.2) is 103 Å². The number of nitrogens with two attached hydrogens (primary N) is 1. The molecule has 0 aromatic carbocycles. The maximum Gasteiger partial charge on any atom is 0.274 e. The number of anilines is 1. The van der Waals surface area contributed by atoms with E-state index in [0.717, 1.165) is 41.8 Å². The Morgan fingerprint density at radius 3 is 2.26 bits per heavy atom. The summed E-state index contributed by atoms with van der Waals surface area (Å²) in [5.74, 6) is -1.17. The monoisotopic (exact) mass is 999 g/mol. The SMILES string of the molecule is CCCCCCCCCCC/C=C\CCC(=O)SCCNC(=O)CCNC(=O)[C@H](O)C(C)(C)COP(=O)([O-])OP(=O)([O-])OC[C@H]1O[C@@H](n2cnc3c(N)ncnc32)[C@H](O)[C@@H]1OP(=O)([O-])[O-]. The third-order valence-corrected chi connectivity index (χ3v) is 13.8. The van der Waals surface area contributed by atoms with Crippen molar-refractivity contribution in [2.45, 2.75) is 135 Å². The van der Waals surface area contributed by atoms with Crippen LogP contribution in [-0.2, 0) is 50.7 Å². The van der Waals surface area contributed by atoms with Crippen molar-refractivity contribution in [1.29, 1.82) is 0 Å². The number of thioether (sulfide) groups is 1. The zero-order valence-corrected chi connectivity index (χ0v) is 40.1. The van der Waals surface area contributed by atoms with Gasteiger partial charge in [0, 0.05) is 37.1 Å². The van der Waals surface area contributed by atoms with Gasteiger partial charge in [-0.05, 0) is 19.3 Å². The molecule has 2 amide bonds. The van der Waals surface area contributed by atoms with Crippen molar-refractivity contribution in [2.24, 2.45) is 5.41 Å². The number of carbonyl (C=O) groups excluding carboxylic acids is 3. The first-order chi connectivity index (χ1) is 30.6. The van der Waals surface area contributed by atoms with Crippen molar-refractivity contribution in [2.75, 3.05) is 37.8 Å². The second kappa shape index (κ2) is 27.3. The normalized spacial score (nSPS) is 20.4. The molecule has 0 aliphatic carbocycles. The molecule has 2 unspecified atom stereocenters. The summed E-state index contributed by atoms with van der Waals surface area (Å²) in [4.78, 5) is 96.7. The van der Waals surface area contributed by atoms with Crippen LogP contribution in [0.5, 0.6) is 0 Å². The molecule has 28 heteroatoms. The largest absolute Gasteiger partial charge is 0.790 e. The number of unbranched alkanes of at least 4 members (excludes halogenated alkanes) is 9. The van der Waals surface area contributed by atoms with Gasteiger partial charge in [0.05, 0.1) is 27.4 Å². The van der Waals surface area contributed by atoms with Crippen LogP contribution in [0.4, 0.5) is 5.82 Å². The number of fused-ring (bicyclic) bond motifs is 1. The maximum atomic E-state index is 12.6. The lowest BCUT2D eigenvalue weighted by atomic mass is 9.87. The molecule has 7 atom stereocenters. The number of aromatic nitrogens is 4. The van der Waals surface area contributed by atoms with Gasteiger partial charge in [-0.3, -0.25) is 28.1 Å². The number of nitrogen functional groups attached to an aromatic ring is 1. The highest BCUT2D eigenvalue weighted by molar-refractivity contribution is 8.13. The Balaban J connectivity index is 1.34. The fraction of sp³-hybridized carbons (Fsp3) is 0.730. The number of aliphatic hydroxyl groups excluding tert-OH is 2. The number of amides is 2. The average Bonchev–Trinajstić information content (AvgIpc) is 3.79. The third kappa shape index (κ3) is 20.6. The molecule has 2 aromatic rings. The van der Waals surface area contributed by atoms with Crippen molar-refractivity contribution in [3.63, 3.8) is 0 Å². The van der Waals surface area contributed by atoms with Gasteiger partial charge in [0.2, 0.25) is 11.8 Å². The van der Waals surface area contributed by atoms with Crippen LogP contribution in [0, 0.1) is 5.41 Å². The molecule has 1 saturated heterocycles. The highest BCUT2D eigenvalue weighted by Gasteiger charge is 2.47. The van der Waals surface area contributed by atoms with Crippen molar-refractivity contribution in [3.8, 4) is 0 Å². The molecule has 0 bridgehead atoms. The van der Waals surface area contributed by atoms with E-state index in [1.807, 2.05) is 6.08 Å². The van der Waals surface area contributed by atoms with Crippen LogP contribution in [0.1, 0.15) is 110 Å². The molecule has 6 N–H and O–H groups in total. The summed E-state index contributed by atoms with van der Waals surface area (Å²) in [5.41, 5.74) is 4.09. The van der Waals surface area contributed by atoms with E-state index >= 15 is 0 Å². The van der Waals surface area contributed by atoms with Crippen molar-refractivity contribution >= 4 is 69.1 Å². The van der Waals surface area contributed by atoms with Crippen LogP contribution in [0.15, 0.2) is 24.8 Å². The van der Waals surface area contributed by atoms with Gasteiger partial charge in [0.25, 0.3) is 15.6 Å². The molecule has 1 aliphatic rings. The number of nitrogens with one attached hydrogen (secondary N) is 2. The summed E-state index contributed by atoms with van der Waals surface area (Å²) < 4.78 is 60.8. The van der Waals surface area contributed by atoms with Gasteiger partial charge in [0.1, 0.15) is 36.3 Å². The van der Waals surface area contributed by atoms with Gasteiger partial charge in [-0.25, -0.2) is 19.3 Å². The third-order valence-electron chi connectivity index (χ3n) is 9.90. The van der Waals surface area contributed by atoms with Crippen LogP contribution < -0.4 is 35.9 Å². The lowest BCUT2D eigenvalue weighted by molar-refractivity contribution is -0.347. The molecule has 1 fully saturated rings. The Hall–Kier alpha value is -2.70. The van der Waals surface area contributed by atoms with Gasteiger partial charge in [-0.1, -0.05) is 96.1 Å². The zero-order chi connectivity index (χ0) is 48.3. The number of hydrogen-bond donors (Lipinski definition) is 5. The first kappa shape index (κ1) is 56.6. The second-order valence-corrected chi connectivity index (χ2v) is 21.0. The minimum absolute atomic E-state index is 0.00704. The van der Waals surface area contributed by atoms with Gasteiger partial charge in [-0.15, -0.1) is 0 Å². The second-order valence-electron chi connectivity index (χ2n) is 15.8. The molecule has 370 valence electrons. The van der Waals surface area contributed by atoms with Gasteiger partial charge in [-0.2, -0.15) is 0 Å². The molecule has 65 heavy (non-hydrogen) atoms. The number of hydrogen-bond acceptors (Lipinski definition) is 22. The number of imidazole rings is 1. The van der Waals surface area contributed by atoms with E-state index in [1.165, 1.54) is 65.2 Å². The predicted molar refractivity (Wildman–Crippen MR) is 228 cm³/mol. The van der Waals surface area contributed by atoms with Crippen molar-refractivity contribution in [3.05, 3.63) is 24.8 Å². The predicted octanol–water partition coefficient (Wildman–Crippen LogP) is 1.39. The summed E-state index contributed by atoms with van der Waals surface area (Å²) in [7, 11) is -17.6. The Kier molecular flexibility index (Phi) is 23.8. The number of phosphoric acid groups is 3. The molecule has 0 saturated carbocycles. The lowest BCUT2D eigenvalue weighted by Crippen LogP contribution is -2.46. The van der Waals surface area contributed by atoms with E-state index in [0.29, 0.717) is 18.6 Å². The Morgan fingerprint density at radius 2 is 1.58 bits per heavy atom. The first-order valence-electron chi connectivity index (χ1n) is 21.2. The van der Waals surface area contributed by atoms with Crippen LogP contribution in [0.25, 0.3) is 11.2 Å². The number of phosphoric ester groups is 3. The molecular weight excluding hydrogens is 939 g/mol. The standard InChI is InChI=1S/C37H64N7O17P3S/c1-4-5-6-7-8-9-10-11-12-13-14-15-16-17-28(46)65-21-20-39-27(45)18-19-40-35(49)32(48)37(2,3)23-58-64(55,56)61-63(53,54)57-22-26-31(60-62(50,51)52)30(47)36(59-26)44-25-43-29-33(38)41-24-42-34(29)44/h14-15,24-26,30-32,36,47-48H,4-13,16-23H2,1-3H3,(H,39,45)(H,40,49)(H,53,54)(H,55,56)(H2,38,41,42)(H2,50,51,52)/p-4/b15-14-/t26-,30-,31-,32+,36-/m1/s1. The van der Waals surface area contributed by atoms with Crippen LogP contribution in [0.3, 0.4) is 0 Å². The quantitative estimate of drug-likeness (QED) is 0.0393. The van der Waals surface area contributed by atoms with Crippen LogP contribution in [0.2, 0.25) is 0 Å². The maximum absolute atomic E-state index is 12.6. The summed E-state index contributed by atoms with van der Waals surface area (Å²) in [6.45, 7) is 2.36. The van der Waals surface area contributed by atoms with E-state index in [-0.39, 0.29) is 41.6 Å². The number of aliphatic hydroxyl groups is 2. The molecule has 2 aromatic heterocycles. The molecule has 3 heterocycles. The molecule has 3 rings (SSSR count). The van der Waals surface area contributed by atoms with E-state index in [2.05, 4.69) is 56.5 Å². The number of carbonyl (C=O) groups is 3. The number of ether oxygens (including phenoxy) is 1. The highest BCUT2D eigenvalue weighted by atomic mass is 32.2. The fourth-order valence-corrected chi connectivity index (χ4v) is 9.78. The number of rotatable bonds is 32. The highest BCUT2D eigenvalue weighted by Crippen LogP contribution is 2.56. The van der Waals surface area contributed by atoms with Gasteiger partial charge < -0.3 is 69.0 Å². The smallest absolute Gasteiger partial charge is 0.274 e. The average molecular weight is 1000 g/mol. The van der Waals surface area contributed by atoms with Gasteiger partial charge in [0.15, 0.2) is 22.8 Å². The number of nitrogens with zero attached hydrogens (tertiary/aromatic N) is 4. The van der Waals surface area contributed by atoms with E-state index in [9.17, 15) is 57.9 Å². The minimum Gasteiger partial charge on any atom is -0.790 e. The first-order valence-corrected chi connectivity index (χ1v) is 26.5. The van der Waals surface area contributed by atoms with Crippen molar-refractivity contribution in [1.82, 2.24) is 30.2 Å². The molecular formula is C37H60N7O17P3S-4. The van der Waals surface area contributed by atoms with Crippen molar-refractivity contribution < 1.29 is 80.5 Å². The van der Waals surface area contributed by atoms with E-state index in [4.69, 9.17) is 10.5 Å². The summed E-state index contributed by atoms with van der Waals surface area (Å²) >= 11 is 1.11. The van der Waals surface area contributed by atoms with Gasteiger partial charge >= 0.3 is 0 Å². The Labute approximate surface area is 381 Å².